The van der Waals surface area contributed by atoms with Gasteiger partial charge in [-0.05, 0) is 42.7 Å². The van der Waals surface area contributed by atoms with Gasteiger partial charge in [0.2, 0.25) is 0 Å². The van der Waals surface area contributed by atoms with Crippen LogP contribution in [0.3, 0.4) is 0 Å². The number of para-hydroxylation sites is 1. The third-order valence-electron chi connectivity index (χ3n) is 6.05. The average molecular weight is 403 g/mol. The molecular formula is C27H21N3O. The van der Waals surface area contributed by atoms with Crippen molar-refractivity contribution in [1.29, 1.82) is 0 Å². The molecule has 0 atom stereocenters. The van der Waals surface area contributed by atoms with Crippen LogP contribution >= 0.6 is 0 Å². The molecule has 4 nitrogen and oxygen atoms in total. The molecular weight excluding hydrogens is 382 g/mol. The van der Waals surface area contributed by atoms with Crippen LogP contribution in [0.15, 0.2) is 84.9 Å². The lowest BCUT2D eigenvalue weighted by molar-refractivity contribution is 0.476. The maximum absolute atomic E-state index is 10.6. The number of fused-ring (bicyclic) bond motifs is 5. The number of aryl methyl sites for hydroxylation is 2. The first-order valence-corrected chi connectivity index (χ1v) is 10.6. The lowest BCUT2D eigenvalue weighted by Gasteiger charge is -2.08. The Hall–Kier alpha value is -3.92. The van der Waals surface area contributed by atoms with Gasteiger partial charge in [0, 0.05) is 17.7 Å². The molecule has 6 rings (SSSR count). The van der Waals surface area contributed by atoms with Crippen LogP contribution in [0.25, 0.3) is 44.9 Å². The standard InChI is InChI=1S/C27H21N3O/c31-24-16-4-10-19-11-7-17-30-23-15-5-12-20(26(23)29-27(30)25(19)24)22-14-6-13-21(28-22)18-8-2-1-3-9-18/h1-6,8-10,12-16,31H,7,11,17H2. The SMILES string of the molecule is Oc1cccc2c1-c1nc3c(-c4cccc(-c5ccccc5)n4)cccc3n1CCC2. The van der Waals surface area contributed by atoms with E-state index in [1.807, 2.05) is 42.5 Å². The normalized spacial score (nSPS) is 12.9. The Morgan fingerprint density at radius 1 is 0.742 bits per heavy atom. The van der Waals surface area contributed by atoms with Crippen molar-refractivity contribution in [2.24, 2.45) is 0 Å². The van der Waals surface area contributed by atoms with Crippen LogP contribution < -0.4 is 0 Å². The van der Waals surface area contributed by atoms with Gasteiger partial charge in [-0.3, -0.25) is 0 Å². The molecule has 2 aromatic heterocycles. The van der Waals surface area contributed by atoms with Gasteiger partial charge < -0.3 is 9.67 Å². The predicted molar refractivity (Wildman–Crippen MR) is 124 cm³/mol. The number of imidazole rings is 1. The van der Waals surface area contributed by atoms with Crippen LogP contribution in [-0.4, -0.2) is 19.6 Å². The molecule has 1 aliphatic heterocycles. The number of hydrogen-bond donors (Lipinski definition) is 1. The van der Waals surface area contributed by atoms with Crippen LogP contribution in [0.2, 0.25) is 0 Å². The Balaban J connectivity index is 1.57. The topological polar surface area (TPSA) is 50.9 Å². The summed E-state index contributed by atoms with van der Waals surface area (Å²) < 4.78 is 2.24. The molecule has 1 N–H and O–H groups in total. The highest BCUT2D eigenvalue weighted by atomic mass is 16.3. The van der Waals surface area contributed by atoms with E-state index in [0.717, 1.165) is 69.9 Å². The van der Waals surface area contributed by atoms with E-state index in [4.69, 9.17) is 9.97 Å². The lowest BCUT2D eigenvalue weighted by atomic mass is 10.0. The summed E-state index contributed by atoms with van der Waals surface area (Å²) in [5.74, 6) is 1.13. The smallest absolute Gasteiger partial charge is 0.145 e. The first-order chi connectivity index (χ1) is 15.3. The molecule has 0 saturated heterocycles. The minimum absolute atomic E-state index is 0.293. The molecule has 0 spiro atoms. The van der Waals surface area contributed by atoms with Gasteiger partial charge in [-0.25, -0.2) is 9.97 Å². The van der Waals surface area contributed by atoms with Crippen molar-refractivity contribution in [3.05, 3.63) is 90.5 Å². The number of benzene rings is 3. The van der Waals surface area contributed by atoms with Gasteiger partial charge in [-0.2, -0.15) is 0 Å². The maximum atomic E-state index is 10.6. The number of aromatic nitrogens is 3. The van der Waals surface area contributed by atoms with E-state index < -0.39 is 0 Å². The number of aromatic hydroxyl groups is 1. The fourth-order valence-electron chi connectivity index (χ4n) is 4.61. The summed E-state index contributed by atoms with van der Waals surface area (Å²) in [4.78, 5) is 10.0. The molecule has 1 aliphatic rings. The molecule has 0 bridgehead atoms. The Morgan fingerprint density at radius 2 is 1.55 bits per heavy atom. The summed E-state index contributed by atoms with van der Waals surface area (Å²) in [6, 6.07) is 28.4. The van der Waals surface area contributed by atoms with Crippen molar-refractivity contribution in [2.45, 2.75) is 19.4 Å². The second-order valence-electron chi connectivity index (χ2n) is 7.95. The van der Waals surface area contributed by atoms with Crippen LogP contribution in [0.5, 0.6) is 5.75 Å². The zero-order valence-electron chi connectivity index (χ0n) is 17.0. The average Bonchev–Trinajstić information content (AvgIpc) is 3.07. The van der Waals surface area contributed by atoms with Crippen LogP contribution in [0, 0.1) is 0 Å². The van der Waals surface area contributed by atoms with E-state index in [1.165, 1.54) is 0 Å². The molecule has 0 saturated carbocycles. The number of hydrogen-bond acceptors (Lipinski definition) is 3. The summed E-state index contributed by atoms with van der Waals surface area (Å²) in [5, 5.41) is 10.6. The highest BCUT2D eigenvalue weighted by Crippen LogP contribution is 2.39. The minimum Gasteiger partial charge on any atom is -0.507 e. The molecule has 0 fully saturated rings. The number of nitrogens with zero attached hydrogens (tertiary/aromatic N) is 3. The van der Waals surface area contributed by atoms with Gasteiger partial charge in [-0.1, -0.05) is 60.7 Å². The molecule has 0 unspecified atom stereocenters. The van der Waals surface area contributed by atoms with Crippen molar-refractivity contribution in [3.8, 4) is 39.7 Å². The Morgan fingerprint density at radius 3 is 2.45 bits per heavy atom. The Labute approximate surface area is 180 Å². The maximum Gasteiger partial charge on any atom is 0.145 e. The van der Waals surface area contributed by atoms with Gasteiger partial charge in [-0.15, -0.1) is 0 Å². The Bertz CT molecular complexity index is 1420. The minimum atomic E-state index is 0.293. The highest BCUT2D eigenvalue weighted by molar-refractivity contribution is 5.94. The van der Waals surface area contributed by atoms with E-state index in [-0.39, 0.29) is 0 Å². The van der Waals surface area contributed by atoms with Crippen molar-refractivity contribution in [2.75, 3.05) is 0 Å². The van der Waals surface area contributed by atoms with E-state index >= 15 is 0 Å². The predicted octanol–water partition coefficient (Wildman–Crippen LogP) is 6.08. The largest absolute Gasteiger partial charge is 0.507 e. The fourth-order valence-corrected chi connectivity index (χ4v) is 4.61. The van der Waals surface area contributed by atoms with Crippen LogP contribution in [0.1, 0.15) is 12.0 Å². The Kier molecular flexibility index (Phi) is 4.10. The molecule has 5 aromatic rings. The number of pyridine rings is 1. The second-order valence-corrected chi connectivity index (χ2v) is 7.95. The van der Waals surface area contributed by atoms with Crippen molar-refractivity contribution >= 4 is 11.0 Å². The van der Waals surface area contributed by atoms with Gasteiger partial charge >= 0.3 is 0 Å². The van der Waals surface area contributed by atoms with E-state index in [2.05, 4.69) is 41.0 Å². The second kappa shape index (κ2) is 7.10. The highest BCUT2D eigenvalue weighted by Gasteiger charge is 2.23. The van der Waals surface area contributed by atoms with Gasteiger partial charge in [0.15, 0.2) is 0 Å². The fraction of sp³-hybridized carbons (Fsp3) is 0.111. The van der Waals surface area contributed by atoms with Gasteiger partial charge in [0.05, 0.1) is 28.0 Å². The molecule has 0 amide bonds. The van der Waals surface area contributed by atoms with E-state index in [9.17, 15) is 5.11 Å². The van der Waals surface area contributed by atoms with Gasteiger partial charge in [0.25, 0.3) is 0 Å². The molecule has 150 valence electrons. The lowest BCUT2D eigenvalue weighted by Crippen LogP contribution is -1.98. The number of phenols is 1. The van der Waals surface area contributed by atoms with E-state index in [0.29, 0.717) is 5.75 Å². The quantitative estimate of drug-likeness (QED) is 0.388. The third-order valence-corrected chi connectivity index (χ3v) is 6.05. The van der Waals surface area contributed by atoms with Crippen molar-refractivity contribution in [1.82, 2.24) is 14.5 Å². The zero-order chi connectivity index (χ0) is 20.8. The summed E-state index contributed by atoms with van der Waals surface area (Å²) >= 11 is 0. The molecule has 0 aliphatic carbocycles. The monoisotopic (exact) mass is 403 g/mol. The van der Waals surface area contributed by atoms with Crippen LogP contribution in [0.4, 0.5) is 0 Å². The first kappa shape index (κ1) is 17.9. The summed E-state index contributed by atoms with van der Waals surface area (Å²) in [6.07, 6.45) is 1.95. The molecule has 3 aromatic carbocycles. The van der Waals surface area contributed by atoms with Crippen molar-refractivity contribution < 1.29 is 5.11 Å². The summed E-state index contributed by atoms with van der Waals surface area (Å²) in [5.41, 5.74) is 7.95. The van der Waals surface area contributed by atoms with E-state index in [1.54, 1.807) is 6.07 Å². The summed E-state index contributed by atoms with van der Waals surface area (Å²) in [7, 11) is 0. The molecule has 31 heavy (non-hydrogen) atoms. The first-order valence-electron chi connectivity index (χ1n) is 10.6. The number of rotatable bonds is 2. The third kappa shape index (κ3) is 2.91. The molecule has 4 heteroatoms. The van der Waals surface area contributed by atoms with Crippen molar-refractivity contribution in [3.63, 3.8) is 0 Å². The van der Waals surface area contributed by atoms with Gasteiger partial charge in [0.1, 0.15) is 11.6 Å². The number of phenolic OH excluding ortho intramolecular Hbond substituents is 1. The van der Waals surface area contributed by atoms with Crippen LogP contribution in [-0.2, 0) is 13.0 Å². The molecule has 0 radical (unpaired) electrons. The zero-order valence-corrected chi connectivity index (χ0v) is 17.0. The molecule has 3 heterocycles. The summed E-state index contributed by atoms with van der Waals surface area (Å²) in [6.45, 7) is 0.876.